The number of carbonyl (C=O) groups is 1. The van der Waals surface area contributed by atoms with Crippen LogP contribution in [-0.4, -0.2) is 35.8 Å². The molecule has 0 unspecified atom stereocenters. The molecule has 1 fully saturated rings. The van der Waals surface area contributed by atoms with Gasteiger partial charge in [-0.3, -0.25) is 4.79 Å². The van der Waals surface area contributed by atoms with E-state index in [0.717, 1.165) is 43.9 Å². The SMILES string of the molecule is CC(C)Sc1ccc(CC(=O)NCC2CCN(c3ccccn3)CC2)cc1. The van der Waals surface area contributed by atoms with Crippen molar-refractivity contribution >= 4 is 23.5 Å². The van der Waals surface area contributed by atoms with Crippen LogP contribution in [0.1, 0.15) is 32.3 Å². The summed E-state index contributed by atoms with van der Waals surface area (Å²) in [5, 5.41) is 3.70. The Kier molecular flexibility index (Phi) is 7.16. The predicted molar refractivity (Wildman–Crippen MR) is 113 cm³/mol. The van der Waals surface area contributed by atoms with Crippen molar-refractivity contribution in [3.05, 3.63) is 54.2 Å². The molecule has 1 aliphatic rings. The van der Waals surface area contributed by atoms with E-state index >= 15 is 0 Å². The van der Waals surface area contributed by atoms with E-state index < -0.39 is 0 Å². The van der Waals surface area contributed by atoms with Gasteiger partial charge < -0.3 is 10.2 Å². The van der Waals surface area contributed by atoms with Gasteiger partial charge in [0, 0.05) is 36.0 Å². The fourth-order valence-corrected chi connectivity index (χ4v) is 4.21. The number of hydrogen-bond donors (Lipinski definition) is 1. The van der Waals surface area contributed by atoms with Crippen molar-refractivity contribution in [1.29, 1.82) is 0 Å². The van der Waals surface area contributed by atoms with Crippen molar-refractivity contribution in [2.45, 2.75) is 43.3 Å². The monoisotopic (exact) mass is 383 g/mol. The summed E-state index contributed by atoms with van der Waals surface area (Å²) in [7, 11) is 0. The molecule has 27 heavy (non-hydrogen) atoms. The van der Waals surface area contributed by atoms with E-state index in [1.165, 1.54) is 4.90 Å². The Bertz CT molecular complexity index is 710. The van der Waals surface area contributed by atoms with Crippen molar-refractivity contribution in [3.63, 3.8) is 0 Å². The summed E-state index contributed by atoms with van der Waals surface area (Å²) in [6.45, 7) is 7.16. The quantitative estimate of drug-likeness (QED) is 0.729. The second-order valence-corrected chi connectivity index (χ2v) is 9.06. The molecule has 2 heterocycles. The average molecular weight is 384 g/mol. The Balaban J connectivity index is 1.38. The van der Waals surface area contributed by atoms with Crippen LogP contribution in [0.15, 0.2) is 53.6 Å². The molecule has 1 N–H and O–H groups in total. The van der Waals surface area contributed by atoms with Gasteiger partial charge in [0.05, 0.1) is 6.42 Å². The number of nitrogens with one attached hydrogen (secondary N) is 1. The number of hydrogen-bond acceptors (Lipinski definition) is 4. The number of rotatable bonds is 7. The van der Waals surface area contributed by atoms with E-state index in [0.29, 0.717) is 17.6 Å². The third-order valence-electron chi connectivity index (χ3n) is 4.84. The molecule has 0 bridgehead atoms. The summed E-state index contributed by atoms with van der Waals surface area (Å²) < 4.78 is 0. The highest BCUT2D eigenvalue weighted by Gasteiger charge is 2.20. The molecule has 144 valence electrons. The van der Waals surface area contributed by atoms with Crippen molar-refractivity contribution in [3.8, 4) is 0 Å². The summed E-state index contributed by atoms with van der Waals surface area (Å²) in [5.74, 6) is 1.73. The van der Waals surface area contributed by atoms with Crippen LogP contribution in [0.25, 0.3) is 0 Å². The molecule has 5 heteroatoms. The molecule has 1 aromatic carbocycles. The van der Waals surface area contributed by atoms with Crippen LogP contribution in [0.2, 0.25) is 0 Å². The van der Waals surface area contributed by atoms with Crippen LogP contribution < -0.4 is 10.2 Å². The van der Waals surface area contributed by atoms with E-state index in [1.54, 1.807) is 0 Å². The van der Waals surface area contributed by atoms with Crippen LogP contribution in [0.4, 0.5) is 5.82 Å². The van der Waals surface area contributed by atoms with Crippen LogP contribution in [0.5, 0.6) is 0 Å². The van der Waals surface area contributed by atoms with Crippen LogP contribution in [0, 0.1) is 5.92 Å². The van der Waals surface area contributed by atoms with Gasteiger partial charge in [0.2, 0.25) is 5.91 Å². The Morgan fingerprint density at radius 2 is 1.93 bits per heavy atom. The largest absolute Gasteiger partial charge is 0.357 e. The van der Waals surface area contributed by atoms with Gasteiger partial charge in [0.15, 0.2) is 0 Å². The third kappa shape index (κ3) is 6.28. The highest BCUT2D eigenvalue weighted by atomic mass is 32.2. The summed E-state index contributed by atoms with van der Waals surface area (Å²) >= 11 is 1.84. The topological polar surface area (TPSA) is 45.2 Å². The molecule has 4 nitrogen and oxygen atoms in total. The van der Waals surface area contributed by atoms with Gasteiger partial charge in [-0.25, -0.2) is 4.98 Å². The lowest BCUT2D eigenvalue weighted by Crippen LogP contribution is -2.39. The van der Waals surface area contributed by atoms with E-state index in [1.807, 2.05) is 30.1 Å². The van der Waals surface area contributed by atoms with Gasteiger partial charge >= 0.3 is 0 Å². The molecule has 0 spiro atoms. The van der Waals surface area contributed by atoms with E-state index in [2.05, 4.69) is 59.4 Å². The molecule has 1 amide bonds. The van der Waals surface area contributed by atoms with Gasteiger partial charge in [-0.1, -0.05) is 32.0 Å². The summed E-state index contributed by atoms with van der Waals surface area (Å²) in [6, 6.07) is 14.4. The number of pyridine rings is 1. The van der Waals surface area contributed by atoms with Gasteiger partial charge in [0.1, 0.15) is 5.82 Å². The van der Waals surface area contributed by atoms with Gasteiger partial charge in [0.25, 0.3) is 0 Å². The molecule has 0 saturated carbocycles. The number of carbonyl (C=O) groups excluding carboxylic acids is 1. The average Bonchev–Trinajstić information content (AvgIpc) is 2.69. The first-order valence-corrected chi connectivity index (χ1v) is 10.7. The number of aromatic nitrogens is 1. The molecule has 0 aliphatic carbocycles. The number of piperidine rings is 1. The maximum absolute atomic E-state index is 12.3. The zero-order valence-corrected chi connectivity index (χ0v) is 17.0. The molecule has 3 rings (SSSR count). The van der Waals surface area contributed by atoms with Crippen molar-refractivity contribution in [1.82, 2.24) is 10.3 Å². The Labute approximate surface area is 166 Å². The van der Waals surface area contributed by atoms with Crippen molar-refractivity contribution in [2.24, 2.45) is 5.92 Å². The molecule has 0 radical (unpaired) electrons. The number of benzene rings is 1. The normalized spacial score (nSPS) is 15.1. The minimum atomic E-state index is 0.117. The van der Waals surface area contributed by atoms with Gasteiger partial charge in [-0.05, 0) is 48.6 Å². The predicted octanol–water partition coefficient (Wildman–Crippen LogP) is 4.16. The Morgan fingerprint density at radius 3 is 2.56 bits per heavy atom. The van der Waals surface area contributed by atoms with Crippen LogP contribution in [0.3, 0.4) is 0 Å². The summed E-state index contributed by atoms with van der Waals surface area (Å²) in [5.41, 5.74) is 1.07. The minimum Gasteiger partial charge on any atom is -0.357 e. The van der Waals surface area contributed by atoms with Crippen LogP contribution in [-0.2, 0) is 11.2 Å². The fourth-order valence-electron chi connectivity index (χ4n) is 3.37. The zero-order valence-electron chi connectivity index (χ0n) is 16.2. The molecule has 1 saturated heterocycles. The summed E-state index contributed by atoms with van der Waals surface area (Å²) in [4.78, 5) is 20.3. The molecule has 1 aliphatic heterocycles. The van der Waals surface area contributed by atoms with Gasteiger partial charge in [-0.2, -0.15) is 0 Å². The highest BCUT2D eigenvalue weighted by molar-refractivity contribution is 7.99. The lowest BCUT2D eigenvalue weighted by Gasteiger charge is -2.32. The van der Waals surface area contributed by atoms with E-state index in [-0.39, 0.29) is 5.91 Å². The molecule has 0 atom stereocenters. The first kappa shape index (κ1) is 19.7. The lowest BCUT2D eigenvalue weighted by atomic mass is 9.96. The molecular formula is C22H29N3OS. The van der Waals surface area contributed by atoms with Gasteiger partial charge in [-0.15, -0.1) is 11.8 Å². The second-order valence-electron chi connectivity index (χ2n) is 7.41. The fraction of sp³-hybridized carbons (Fsp3) is 0.455. The Morgan fingerprint density at radius 1 is 1.19 bits per heavy atom. The standard InChI is InChI=1S/C22H29N3OS/c1-17(2)27-20-8-6-18(7-9-20)15-22(26)24-16-19-10-13-25(14-11-19)21-5-3-4-12-23-21/h3-9,12,17,19H,10-11,13-16H2,1-2H3,(H,24,26). The maximum atomic E-state index is 12.3. The number of amides is 1. The molecule has 1 aromatic heterocycles. The smallest absolute Gasteiger partial charge is 0.224 e. The zero-order chi connectivity index (χ0) is 19.1. The first-order chi connectivity index (χ1) is 13.1. The maximum Gasteiger partial charge on any atom is 0.224 e. The molecule has 2 aromatic rings. The number of nitrogens with zero attached hydrogens (tertiary/aromatic N) is 2. The number of anilines is 1. The number of thioether (sulfide) groups is 1. The second kappa shape index (κ2) is 9.79. The van der Waals surface area contributed by atoms with Crippen molar-refractivity contribution in [2.75, 3.05) is 24.5 Å². The Hall–Kier alpha value is -2.01. The minimum absolute atomic E-state index is 0.117. The van der Waals surface area contributed by atoms with E-state index in [4.69, 9.17) is 0 Å². The van der Waals surface area contributed by atoms with Crippen molar-refractivity contribution < 1.29 is 4.79 Å². The summed E-state index contributed by atoms with van der Waals surface area (Å²) in [6.07, 6.45) is 4.49. The highest BCUT2D eigenvalue weighted by Crippen LogP contribution is 2.23. The first-order valence-electron chi connectivity index (χ1n) is 9.78. The van der Waals surface area contributed by atoms with Crippen LogP contribution >= 0.6 is 11.8 Å². The van der Waals surface area contributed by atoms with E-state index in [9.17, 15) is 4.79 Å². The molecular weight excluding hydrogens is 354 g/mol. The third-order valence-corrected chi connectivity index (χ3v) is 5.85. The lowest BCUT2D eigenvalue weighted by molar-refractivity contribution is -0.120.